The van der Waals surface area contributed by atoms with Crippen LogP contribution in [0.3, 0.4) is 0 Å². The number of benzene rings is 4. The lowest BCUT2D eigenvalue weighted by Crippen LogP contribution is -2.23. The van der Waals surface area contributed by atoms with Crippen LogP contribution in [0, 0.1) is 0 Å². The molecule has 0 spiro atoms. The van der Waals surface area contributed by atoms with Crippen LogP contribution in [0.15, 0.2) is 109 Å². The molecule has 0 fully saturated rings. The summed E-state index contributed by atoms with van der Waals surface area (Å²) in [5.74, 6) is 0.297. The molecule has 146 valence electrons. The van der Waals surface area contributed by atoms with Crippen LogP contribution in [0.25, 0.3) is 0 Å². The fraction of sp³-hybridized carbons (Fsp3) is 0.0769. The van der Waals surface area contributed by atoms with Crippen LogP contribution in [0.2, 0.25) is 0 Å². The standard InChI is InChI=1S/C26H23OP.BrH/c27-24-17-15-20(16-18-24)19-21-9-7-8-14-25(21)26(28,22-10-3-1-4-11-22)23-12-5-2-6-13-23;/h1-18,27H,19,28H2;1H. The molecule has 1 unspecified atom stereocenters. The molecule has 0 saturated heterocycles. The minimum atomic E-state index is -0.337. The zero-order valence-electron chi connectivity index (χ0n) is 16.0. The number of halogens is 1. The zero-order chi connectivity index (χ0) is 19.4. The number of aromatic hydroxyl groups is 1. The van der Waals surface area contributed by atoms with Gasteiger partial charge in [0.1, 0.15) is 5.75 Å². The molecule has 0 amide bonds. The molecule has 1 atom stereocenters. The van der Waals surface area contributed by atoms with Crippen molar-refractivity contribution in [1.82, 2.24) is 0 Å². The second-order valence-corrected chi connectivity index (χ2v) is 7.91. The Balaban J connectivity index is 0.00000240. The van der Waals surface area contributed by atoms with Crippen LogP contribution < -0.4 is 0 Å². The molecule has 0 radical (unpaired) electrons. The van der Waals surface area contributed by atoms with Crippen LogP contribution >= 0.6 is 26.2 Å². The summed E-state index contributed by atoms with van der Waals surface area (Å²) in [6.07, 6.45) is 0.812. The SMILES string of the molecule is Br.Oc1ccc(Cc2ccccc2C(P)(c2ccccc2)c2ccccc2)cc1. The minimum Gasteiger partial charge on any atom is -0.508 e. The van der Waals surface area contributed by atoms with Crippen molar-refractivity contribution >= 4 is 26.2 Å². The Kier molecular flexibility index (Phi) is 6.90. The first kappa shape index (κ1) is 21.3. The van der Waals surface area contributed by atoms with E-state index in [-0.39, 0.29) is 22.1 Å². The fourth-order valence-corrected chi connectivity index (χ4v) is 4.44. The minimum absolute atomic E-state index is 0. The largest absolute Gasteiger partial charge is 0.508 e. The Morgan fingerprint density at radius 1 is 0.621 bits per heavy atom. The lowest BCUT2D eigenvalue weighted by Gasteiger charge is -2.33. The Hall–Kier alpha value is -2.41. The third-order valence-corrected chi connectivity index (χ3v) is 6.21. The number of phenols is 1. The van der Waals surface area contributed by atoms with Crippen molar-refractivity contribution in [3.63, 3.8) is 0 Å². The molecule has 0 aliphatic carbocycles. The van der Waals surface area contributed by atoms with E-state index < -0.39 is 0 Å². The average Bonchev–Trinajstić information content (AvgIpc) is 2.76. The monoisotopic (exact) mass is 462 g/mol. The highest BCUT2D eigenvalue weighted by atomic mass is 79.9. The van der Waals surface area contributed by atoms with Crippen molar-refractivity contribution < 1.29 is 5.11 Å². The smallest absolute Gasteiger partial charge is 0.115 e. The maximum Gasteiger partial charge on any atom is 0.115 e. The number of rotatable bonds is 5. The molecule has 0 heterocycles. The normalized spacial score (nSPS) is 10.9. The Morgan fingerprint density at radius 2 is 1.10 bits per heavy atom. The molecule has 29 heavy (non-hydrogen) atoms. The highest BCUT2D eigenvalue weighted by molar-refractivity contribution is 8.93. The van der Waals surface area contributed by atoms with Crippen molar-refractivity contribution in [2.45, 2.75) is 11.6 Å². The van der Waals surface area contributed by atoms with Gasteiger partial charge in [0.15, 0.2) is 0 Å². The van der Waals surface area contributed by atoms with Crippen molar-refractivity contribution in [3.05, 3.63) is 137 Å². The molecule has 0 aliphatic rings. The maximum atomic E-state index is 9.60. The number of hydrogen-bond acceptors (Lipinski definition) is 1. The molecule has 4 aromatic rings. The van der Waals surface area contributed by atoms with Crippen molar-refractivity contribution in [2.75, 3.05) is 0 Å². The van der Waals surface area contributed by atoms with Gasteiger partial charge in [-0.3, -0.25) is 0 Å². The molecule has 1 N–H and O–H groups in total. The van der Waals surface area contributed by atoms with E-state index in [1.807, 2.05) is 12.1 Å². The first-order chi connectivity index (χ1) is 13.7. The first-order valence-corrected chi connectivity index (χ1v) is 10.0. The first-order valence-electron chi connectivity index (χ1n) is 9.44. The highest BCUT2D eigenvalue weighted by Crippen LogP contribution is 2.46. The molecule has 0 aliphatic heterocycles. The van der Waals surface area contributed by atoms with E-state index in [4.69, 9.17) is 0 Å². The molecule has 1 nitrogen and oxygen atoms in total. The summed E-state index contributed by atoms with van der Waals surface area (Å²) in [4.78, 5) is 0. The van der Waals surface area contributed by atoms with E-state index in [1.165, 1.54) is 27.8 Å². The summed E-state index contributed by atoms with van der Waals surface area (Å²) in [6.45, 7) is 0. The Bertz CT molecular complexity index is 1010. The lowest BCUT2D eigenvalue weighted by atomic mass is 9.80. The lowest BCUT2D eigenvalue weighted by molar-refractivity contribution is 0.475. The van der Waals surface area contributed by atoms with E-state index in [0.29, 0.717) is 5.75 Å². The highest BCUT2D eigenvalue weighted by Gasteiger charge is 2.33. The van der Waals surface area contributed by atoms with Gasteiger partial charge in [0, 0.05) is 0 Å². The van der Waals surface area contributed by atoms with Gasteiger partial charge in [-0.2, -0.15) is 0 Å². The van der Waals surface area contributed by atoms with Crippen LogP contribution in [0.5, 0.6) is 5.75 Å². The molecule has 0 aromatic heterocycles. The van der Waals surface area contributed by atoms with E-state index in [1.54, 1.807) is 12.1 Å². The number of phenolic OH excluding ortho intramolecular Hbond substituents is 1. The van der Waals surface area contributed by atoms with Gasteiger partial charge in [0.25, 0.3) is 0 Å². The zero-order valence-corrected chi connectivity index (χ0v) is 18.9. The molecule has 0 saturated carbocycles. The fourth-order valence-electron chi connectivity index (χ4n) is 3.77. The van der Waals surface area contributed by atoms with Crippen molar-refractivity contribution in [3.8, 4) is 5.75 Å². The average molecular weight is 463 g/mol. The summed E-state index contributed by atoms with van der Waals surface area (Å²) in [7, 11) is 3.13. The summed E-state index contributed by atoms with van der Waals surface area (Å²) < 4.78 is 0. The molecule has 4 aromatic carbocycles. The molecule has 4 rings (SSSR count). The Morgan fingerprint density at radius 3 is 1.66 bits per heavy atom. The van der Waals surface area contributed by atoms with Crippen molar-refractivity contribution in [2.24, 2.45) is 0 Å². The van der Waals surface area contributed by atoms with Gasteiger partial charge < -0.3 is 5.11 Å². The molecule has 3 heteroatoms. The van der Waals surface area contributed by atoms with Crippen LogP contribution in [0.1, 0.15) is 27.8 Å². The third-order valence-electron chi connectivity index (χ3n) is 5.23. The van der Waals surface area contributed by atoms with Gasteiger partial charge in [-0.15, -0.1) is 26.2 Å². The Labute approximate surface area is 185 Å². The van der Waals surface area contributed by atoms with Gasteiger partial charge in [-0.05, 0) is 46.4 Å². The molecular formula is C26H24BrOP. The van der Waals surface area contributed by atoms with E-state index in [2.05, 4.69) is 94.2 Å². The summed E-state index contributed by atoms with van der Waals surface area (Å²) in [5, 5.41) is 9.26. The third kappa shape index (κ3) is 4.45. The molecular weight excluding hydrogens is 439 g/mol. The summed E-state index contributed by atoms with van der Waals surface area (Å²) in [5.41, 5.74) is 6.20. The van der Waals surface area contributed by atoms with Crippen LogP contribution in [-0.2, 0) is 11.6 Å². The maximum absolute atomic E-state index is 9.60. The van der Waals surface area contributed by atoms with E-state index >= 15 is 0 Å². The predicted octanol–water partition coefficient (Wildman–Crippen LogP) is 6.73. The van der Waals surface area contributed by atoms with Gasteiger partial charge in [-0.25, -0.2) is 0 Å². The molecule has 0 bridgehead atoms. The summed E-state index contributed by atoms with van der Waals surface area (Å²) in [6, 6.07) is 37.4. The van der Waals surface area contributed by atoms with E-state index in [0.717, 1.165) is 6.42 Å². The summed E-state index contributed by atoms with van der Waals surface area (Å²) >= 11 is 0. The van der Waals surface area contributed by atoms with Crippen molar-refractivity contribution in [1.29, 1.82) is 0 Å². The van der Waals surface area contributed by atoms with Gasteiger partial charge >= 0.3 is 0 Å². The van der Waals surface area contributed by atoms with E-state index in [9.17, 15) is 5.11 Å². The van der Waals surface area contributed by atoms with Gasteiger partial charge in [0.2, 0.25) is 0 Å². The van der Waals surface area contributed by atoms with Gasteiger partial charge in [-0.1, -0.05) is 97.1 Å². The predicted molar refractivity (Wildman–Crippen MR) is 130 cm³/mol. The number of hydrogen-bond donors (Lipinski definition) is 1. The second-order valence-electron chi connectivity index (χ2n) is 7.04. The van der Waals surface area contributed by atoms with Gasteiger partial charge in [0.05, 0.1) is 5.16 Å². The quantitative estimate of drug-likeness (QED) is 0.257. The van der Waals surface area contributed by atoms with Crippen LogP contribution in [-0.4, -0.2) is 5.11 Å². The van der Waals surface area contributed by atoms with Crippen LogP contribution in [0.4, 0.5) is 0 Å². The second kappa shape index (κ2) is 9.39. The topological polar surface area (TPSA) is 20.2 Å².